The minimum Gasteiger partial charge on any atom is -0.241 e. The van der Waals surface area contributed by atoms with E-state index in [1.54, 1.807) is 10.9 Å². The summed E-state index contributed by atoms with van der Waals surface area (Å²) in [7, 11) is 0. The van der Waals surface area contributed by atoms with Crippen molar-refractivity contribution in [2.75, 3.05) is 0 Å². The lowest BCUT2D eigenvalue weighted by Crippen LogP contribution is -1.99. The molecular formula is C14H11BrN6S. The molecule has 1 aromatic carbocycles. The van der Waals surface area contributed by atoms with Crippen molar-refractivity contribution in [3.8, 4) is 5.69 Å². The Balaban J connectivity index is 1.62. The maximum Gasteiger partial charge on any atom is 0.220 e. The quantitative estimate of drug-likeness (QED) is 0.652. The second kappa shape index (κ2) is 5.77. The van der Waals surface area contributed by atoms with Crippen LogP contribution in [0.4, 0.5) is 0 Å². The maximum absolute atomic E-state index is 4.59. The molecule has 0 bridgehead atoms. The maximum atomic E-state index is 4.59. The van der Waals surface area contributed by atoms with Gasteiger partial charge in [-0.15, -0.1) is 5.10 Å². The molecule has 0 radical (unpaired) electrons. The van der Waals surface area contributed by atoms with E-state index < -0.39 is 0 Å². The van der Waals surface area contributed by atoms with Crippen LogP contribution >= 0.6 is 27.7 Å². The fraction of sp³-hybridized carbons (Fsp3) is 0.214. The molecule has 22 heavy (non-hydrogen) atoms. The number of benzene rings is 1. The number of nitrogens with zero attached hydrogens (tertiary/aromatic N) is 6. The number of tetrazole rings is 1. The normalized spacial score (nSPS) is 14.2. The molecule has 110 valence electrons. The second-order valence-corrected chi connectivity index (χ2v) is 6.88. The summed E-state index contributed by atoms with van der Waals surface area (Å²) < 4.78 is 2.72. The predicted octanol–water partition coefficient (Wildman–Crippen LogP) is 3.24. The lowest BCUT2D eigenvalue weighted by molar-refractivity contribution is 0.755. The number of halogens is 1. The smallest absolute Gasteiger partial charge is 0.220 e. The highest BCUT2D eigenvalue weighted by Gasteiger charge is 2.26. The molecule has 2 aromatic heterocycles. The number of hydrogen-bond donors (Lipinski definition) is 0. The van der Waals surface area contributed by atoms with Gasteiger partial charge in [-0.2, -0.15) is 4.68 Å². The monoisotopic (exact) mass is 374 g/mol. The average Bonchev–Trinajstić information content (AvgIpc) is 3.29. The summed E-state index contributed by atoms with van der Waals surface area (Å²) in [4.78, 5) is 8.93. The van der Waals surface area contributed by atoms with Gasteiger partial charge in [0.2, 0.25) is 5.16 Å². The van der Waals surface area contributed by atoms with Crippen LogP contribution in [0.15, 0.2) is 51.2 Å². The van der Waals surface area contributed by atoms with E-state index >= 15 is 0 Å². The van der Waals surface area contributed by atoms with Crippen LogP contribution in [0.5, 0.6) is 0 Å². The zero-order valence-corrected chi connectivity index (χ0v) is 13.8. The molecule has 1 fully saturated rings. The third-order valence-corrected chi connectivity index (χ3v) is 4.70. The molecule has 0 N–H and O–H groups in total. The van der Waals surface area contributed by atoms with Crippen molar-refractivity contribution in [2.24, 2.45) is 0 Å². The van der Waals surface area contributed by atoms with Gasteiger partial charge in [0.1, 0.15) is 10.9 Å². The Kier molecular flexibility index (Phi) is 3.63. The van der Waals surface area contributed by atoms with E-state index in [0.29, 0.717) is 11.1 Å². The highest BCUT2D eigenvalue weighted by molar-refractivity contribution is 9.10. The SMILES string of the molecule is Brc1ccc(-n2nnnc2Sc2ccnc(C3CC3)n2)cc1. The van der Waals surface area contributed by atoms with Gasteiger partial charge in [0, 0.05) is 16.6 Å². The van der Waals surface area contributed by atoms with Crippen molar-refractivity contribution in [1.82, 2.24) is 30.2 Å². The van der Waals surface area contributed by atoms with E-state index in [4.69, 9.17) is 0 Å². The second-order valence-electron chi connectivity index (χ2n) is 4.98. The summed E-state index contributed by atoms with van der Waals surface area (Å²) in [6.07, 6.45) is 4.17. The van der Waals surface area contributed by atoms with Gasteiger partial charge in [0.15, 0.2) is 0 Å². The molecule has 2 heterocycles. The van der Waals surface area contributed by atoms with Gasteiger partial charge in [-0.25, -0.2) is 9.97 Å². The zero-order valence-electron chi connectivity index (χ0n) is 11.4. The first-order chi connectivity index (χ1) is 10.8. The fourth-order valence-corrected chi connectivity index (χ4v) is 3.06. The lowest BCUT2D eigenvalue weighted by atomic mass is 10.3. The van der Waals surface area contributed by atoms with Crippen LogP contribution in [0.1, 0.15) is 24.6 Å². The highest BCUT2D eigenvalue weighted by atomic mass is 79.9. The minimum atomic E-state index is 0.531. The van der Waals surface area contributed by atoms with Crippen LogP contribution in [0.3, 0.4) is 0 Å². The molecule has 0 saturated heterocycles. The molecule has 3 aromatic rings. The van der Waals surface area contributed by atoms with Gasteiger partial charge < -0.3 is 0 Å². The largest absolute Gasteiger partial charge is 0.241 e. The third kappa shape index (κ3) is 2.89. The van der Waals surface area contributed by atoms with Crippen LogP contribution < -0.4 is 0 Å². The molecule has 4 rings (SSSR count). The van der Waals surface area contributed by atoms with Crippen LogP contribution in [-0.2, 0) is 0 Å². The van der Waals surface area contributed by atoms with E-state index in [2.05, 4.69) is 41.4 Å². The minimum absolute atomic E-state index is 0.531. The number of rotatable bonds is 4. The summed E-state index contributed by atoms with van der Waals surface area (Å²) in [5.74, 6) is 1.45. The molecule has 0 unspecified atom stereocenters. The number of aromatic nitrogens is 6. The van der Waals surface area contributed by atoms with E-state index in [9.17, 15) is 0 Å². The fourth-order valence-electron chi connectivity index (χ4n) is 2.03. The first-order valence-electron chi connectivity index (χ1n) is 6.85. The first-order valence-corrected chi connectivity index (χ1v) is 8.46. The Hall–Kier alpha value is -1.80. The van der Waals surface area contributed by atoms with Gasteiger partial charge in [-0.05, 0) is 65.4 Å². The summed E-state index contributed by atoms with van der Waals surface area (Å²) in [6.45, 7) is 0. The predicted molar refractivity (Wildman–Crippen MR) is 85.0 cm³/mol. The van der Waals surface area contributed by atoms with Gasteiger partial charge >= 0.3 is 0 Å². The Morgan fingerprint density at radius 2 is 1.95 bits per heavy atom. The standard InChI is InChI=1S/C14H11BrN6S/c15-10-3-5-11(6-4-10)21-14(18-19-20-21)22-12-7-8-16-13(17-12)9-1-2-9/h3-9H,1-2H2. The van der Waals surface area contributed by atoms with Gasteiger partial charge in [-0.1, -0.05) is 15.9 Å². The lowest BCUT2D eigenvalue weighted by Gasteiger charge is -2.04. The molecule has 1 aliphatic rings. The van der Waals surface area contributed by atoms with Gasteiger partial charge in [-0.3, -0.25) is 0 Å². The molecule has 1 aliphatic carbocycles. The number of hydrogen-bond acceptors (Lipinski definition) is 6. The summed E-state index contributed by atoms with van der Waals surface area (Å²) in [5.41, 5.74) is 0.909. The van der Waals surface area contributed by atoms with Gasteiger partial charge in [0.25, 0.3) is 0 Å². The molecule has 0 atom stereocenters. The molecule has 6 nitrogen and oxygen atoms in total. The third-order valence-electron chi connectivity index (χ3n) is 3.30. The van der Waals surface area contributed by atoms with Crippen LogP contribution in [0.2, 0.25) is 0 Å². The molecule has 0 aliphatic heterocycles. The van der Waals surface area contributed by atoms with E-state index in [-0.39, 0.29) is 0 Å². The van der Waals surface area contributed by atoms with E-state index in [1.165, 1.54) is 24.6 Å². The summed E-state index contributed by atoms with van der Waals surface area (Å²) in [6, 6.07) is 9.72. The topological polar surface area (TPSA) is 69.4 Å². The van der Waals surface area contributed by atoms with Gasteiger partial charge in [0.05, 0.1) is 5.69 Å². The van der Waals surface area contributed by atoms with Crippen molar-refractivity contribution in [2.45, 2.75) is 28.9 Å². The van der Waals surface area contributed by atoms with Crippen molar-refractivity contribution in [1.29, 1.82) is 0 Å². The Bertz CT molecular complexity index is 799. The molecule has 0 amide bonds. The van der Waals surface area contributed by atoms with Crippen molar-refractivity contribution in [3.05, 3.63) is 46.8 Å². The summed E-state index contributed by atoms with van der Waals surface area (Å²) in [5, 5.41) is 13.5. The molecule has 1 saturated carbocycles. The van der Waals surface area contributed by atoms with Crippen molar-refractivity contribution in [3.63, 3.8) is 0 Å². The Morgan fingerprint density at radius 3 is 2.73 bits per heavy atom. The Morgan fingerprint density at radius 1 is 1.14 bits per heavy atom. The zero-order chi connectivity index (χ0) is 14.9. The highest BCUT2D eigenvalue weighted by Crippen LogP contribution is 2.38. The first kappa shape index (κ1) is 13.8. The van der Waals surface area contributed by atoms with Crippen LogP contribution in [0, 0.1) is 0 Å². The average molecular weight is 375 g/mol. The van der Waals surface area contributed by atoms with Crippen LogP contribution in [0.25, 0.3) is 5.69 Å². The van der Waals surface area contributed by atoms with E-state index in [0.717, 1.165) is 21.0 Å². The molecular weight excluding hydrogens is 364 g/mol. The van der Waals surface area contributed by atoms with Crippen molar-refractivity contribution < 1.29 is 0 Å². The Labute approximate surface area is 139 Å². The van der Waals surface area contributed by atoms with E-state index in [1.807, 2.05) is 30.3 Å². The molecule has 0 spiro atoms. The van der Waals surface area contributed by atoms with Crippen molar-refractivity contribution >= 4 is 27.7 Å². The van der Waals surface area contributed by atoms with Crippen LogP contribution in [-0.4, -0.2) is 30.2 Å². The molecule has 8 heteroatoms. The summed E-state index contributed by atoms with van der Waals surface area (Å²) >= 11 is 4.87.